The summed E-state index contributed by atoms with van der Waals surface area (Å²) in [6.07, 6.45) is 0. The van der Waals surface area contributed by atoms with E-state index in [-0.39, 0.29) is 10.7 Å². The SMILES string of the molecule is O=c1[nH]c(-c2ccc(F)cc2)ns1. The number of rotatable bonds is 1. The van der Waals surface area contributed by atoms with E-state index in [2.05, 4.69) is 9.36 Å². The molecule has 0 radical (unpaired) electrons. The highest BCUT2D eigenvalue weighted by Gasteiger charge is 2.01. The zero-order chi connectivity index (χ0) is 9.26. The summed E-state index contributed by atoms with van der Waals surface area (Å²) in [5.74, 6) is 0.177. The maximum Gasteiger partial charge on any atom is 0.323 e. The van der Waals surface area contributed by atoms with Gasteiger partial charge in [0.2, 0.25) is 0 Å². The number of aromatic amines is 1. The lowest BCUT2D eigenvalue weighted by Crippen LogP contribution is -1.92. The molecule has 0 bridgehead atoms. The van der Waals surface area contributed by atoms with Gasteiger partial charge in [-0.05, 0) is 24.3 Å². The molecule has 0 saturated carbocycles. The van der Waals surface area contributed by atoms with Crippen molar-refractivity contribution in [2.75, 3.05) is 0 Å². The molecule has 0 unspecified atom stereocenters. The van der Waals surface area contributed by atoms with Crippen molar-refractivity contribution >= 4 is 11.5 Å². The Kier molecular flexibility index (Phi) is 1.94. The molecule has 1 N–H and O–H groups in total. The minimum atomic E-state index is -0.304. The van der Waals surface area contributed by atoms with E-state index in [1.165, 1.54) is 12.1 Å². The van der Waals surface area contributed by atoms with Gasteiger partial charge in [-0.2, -0.15) is 4.37 Å². The molecule has 0 fully saturated rings. The van der Waals surface area contributed by atoms with Gasteiger partial charge in [0.25, 0.3) is 0 Å². The Morgan fingerprint density at radius 2 is 2.00 bits per heavy atom. The fraction of sp³-hybridized carbons (Fsp3) is 0. The zero-order valence-electron chi connectivity index (χ0n) is 6.45. The van der Waals surface area contributed by atoms with E-state index >= 15 is 0 Å². The van der Waals surface area contributed by atoms with Gasteiger partial charge in [0.1, 0.15) is 5.82 Å². The number of halogens is 1. The smallest absolute Gasteiger partial charge is 0.296 e. The van der Waals surface area contributed by atoms with E-state index in [1.54, 1.807) is 12.1 Å². The Balaban J connectivity index is 2.47. The van der Waals surface area contributed by atoms with E-state index in [0.29, 0.717) is 11.4 Å². The van der Waals surface area contributed by atoms with Gasteiger partial charge in [0.05, 0.1) is 0 Å². The summed E-state index contributed by atoms with van der Waals surface area (Å²) < 4.78 is 16.4. The molecule has 0 saturated heterocycles. The van der Waals surface area contributed by atoms with Gasteiger partial charge < -0.3 is 0 Å². The third-order valence-electron chi connectivity index (χ3n) is 1.56. The van der Waals surface area contributed by atoms with Crippen LogP contribution < -0.4 is 4.87 Å². The Labute approximate surface area is 77.0 Å². The van der Waals surface area contributed by atoms with Crippen molar-refractivity contribution in [3.8, 4) is 11.4 Å². The Morgan fingerprint density at radius 3 is 2.54 bits per heavy atom. The summed E-state index contributed by atoms with van der Waals surface area (Å²) in [4.78, 5) is 13.1. The van der Waals surface area contributed by atoms with Crippen LogP contribution in [-0.4, -0.2) is 9.36 Å². The van der Waals surface area contributed by atoms with Crippen molar-refractivity contribution in [1.82, 2.24) is 9.36 Å². The van der Waals surface area contributed by atoms with E-state index in [0.717, 1.165) is 11.5 Å². The number of hydrogen-bond donors (Lipinski definition) is 1. The topological polar surface area (TPSA) is 45.8 Å². The van der Waals surface area contributed by atoms with Gasteiger partial charge in [-0.1, -0.05) is 0 Å². The first-order chi connectivity index (χ1) is 6.25. The van der Waals surface area contributed by atoms with Crippen molar-refractivity contribution in [2.45, 2.75) is 0 Å². The molecule has 0 aliphatic rings. The van der Waals surface area contributed by atoms with Gasteiger partial charge >= 0.3 is 4.87 Å². The van der Waals surface area contributed by atoms with Crippen LogP contribution in [0.15, 0.2) is 29.1 Å². The molecular weight excluding hydrogens is 191 g/mol. The molecule has 66 valence electrons. The number of nitrogens with zero attached hydrogens (tertiary/aromatic N) is 1. The van der Waals surface area contributed by atoms with Crippen molar-refractivity contribution < 1.29 is 4.39 Å². The summed E-state index contributed by atoms with van der Waals surface area (Å²) in [5, 5.41) is 0. The zero-order valence-corrected chi connectivity index (χ0v) is 7.27. The number of H-pyrrole nitrogens is 1. The van der Waals surface area contributed by atoms with Crippen molar-refractivity contribution in [3.05, 3.63) is 39.8 Å². The molecule has 0 spiro atoms. The fourth-order valence-electron chi connectivity index (χ4n) is 0.962. The maximum absolute atomic E-state index is 12.5. The molecule has 0 aliphatic heterocycles. The van der Waals surface area contributed by atoms with Gasteiger partial charge in [-0.25, -0.2) is 4.39 Å². The monoisotopic (exact) mass is 196 g/mol. The van der Waals surface area contributed by atoms with E-state index in [4.69, 9.17) is 0 Å². The van der Waals surface area contributed by atoms with Crippen LogP contribution in [0.5, 0.6) is 0 Å². The van der Waals surface area contributed by atoms with Crippen LogP contribution in [-0.2, 0) is 0 Å². The lowest BCUT2D eigenvalue weighted by atomic mass is 10.2. The highest BCUT2D eigenvalue weighted by Crippen LogP contribution is 2.13. The first kappa shape index (κ1) is 8.12. The van der Waals surface area contributed by atoms with Crippen LogP contribution in [0.4, 0.5) is 4.39 Å². The molecule has 3 nitrogen and oxygen atoms in total. The normalized spacial score (nSPS) is 10.2. The van der Waals surface area contributed by atoms with E-state index in [1.807, 2.05) is 0 Å². The lowest BCUT2D eigenvalue weighted by Gasteiger charge is -1.93. The molecule has 1 aromatic carbocycles. The molecule has 5 heteroatoms. The second-order valence-corrected chi connectivity index (χ2v) is 3.19. The van der Waals surface area contributed by atoms with Crippen LogP contribution in [0.3, 0.4) is 0 Å². The second-order valence-electron chi connectivity index (χ2n) is 2.45. The Bertz CT molecular complexity index is 459. The third kappa shape index (κ3) is 1.65. The van der Waals surface area contributed by atoms with Crippen LogP contribution in [0.25, 0.3) is 11.4 Å². The molecule has 13 heavy (non-hydrogen) atoms. The minimum Gasteiger partial charge on any atom is -0.296 e. The largest absolute Gasteiger partial charge is 0.323 e. The molecule has 0 atom stereocenters. The van der Waals surface area contributed by atoms with Gasteiger partial charge in [0.15, 0.2) is 5.82 Å². The number of aromatic nitrogens is 2. The van der Waals surface area contributed by atoms with Gasteiger partial charge in [0, 0.05) is 17.1 Å². The van der Waals surface area contributed by atoms with Gasteiger partial charge in [-0.3, -0.25) is 9.78 Å². The molecule has 2 aromatic rings. The summed E-state index contributed by atoms with van der Waals surface area (Å²) >= 11 is 0.849. The van der Waals surface area contributed by atoms with E-state index in [9.17, 15) is 9.18 Å². The van der Waals surface area contributed by atoms with Crippen molar-refractivity contribution in [1.29, 1.82) is 0 Å². The summed E-state index contributed by atoms with van der Waals surface area (Å²) in [7, 11) is 0. The average molecular weight is 196 g/mol. The second kappa shape index (κ2) is 3.10. The first-order valence-electron chi connectivity index (χ1n) is 3.57. The maximum atomic E-state index is 12.5. The quantitative estimate of drug-likeness (QED) is 0.753. The standard InChI is InChI=1S/C8H5FN2OS/c9-6-3-1-5(2-4-6)7-10-8(12)13-11-7/h1-4H,(H,10,11,12). The molecule has 0 amide bonds. The summed E-state index contributed by atoms with van der Waals surface area (Å²) in [6, 6.07) is 5.79. The molecule has 0 aliphatic carbocycles. The number of nitrogens with one attached hydrogen (secondary N) is 1. The van der Waals surface area contributed by atoms with Crippen LogP contribution >= 0.6 is 11.5 Å². The Hall–Kier alpha value is -1.49. The summed E-state index contributed by atoms with van der Waals surface area (Å²) in [6.45, 7) is 0. The summed E-state index contributed by atoms with van der Waals surface area (Å²) in [5.41, 5.74) is 0.708. The van der Waals surface area contributed by atoms with Crippen LogP contribution in [0.2, 0.25) is 0 Å². The fourth-order valence-corrected chi connectivity index (χ4v) is 1.43. The predicted molar refractivity (Wildman–Crippen MR) is 48.1 cm³/mol. The highest BCUT2D eigenvalue weighted by molar-refractivity contribution is 7.03. The third-order valence-corrected chi connectivity index (χ3v) is 2.10. The van der Waals surface area contributed by atoms with Gasteiger partial charge in [-0.15, -0.1) is 0 Å². The molecule has 1 heterocycles. The predicted octanol–water partition coefficient (Wildman–Crippen LogP) is 1.64. The van der Waals surface area contributed by atoms with Crippen molar-refractivity contribution in [2.24, 2.45) is 0 Å². The van der Waals surface area contributed by atoms with Crippen molar-refractivity contribution in [3.63, 3.8) is 0 Å². The highest BCUT2D eigenvalue weighted by atomic mass is 32.1. The average Bonchev–Trinajstić information content (AvgIpc) is 2.53. The molecule has 1 aromatic heterocycles. The Morgan fingerprint density at radius 1 is 1.31 bits per heavy atom. The number of hydrogen-bond acceptors (Lipinski definition) is 3. The first-order valence-corrected chi connectivity index (χ1v) is 4.35. The minimum absolute atomic E-state index is 0.209. The number of benzene rings is 1. The molecule has 2 rings (SSSR count). The van der Waals surface area contributed by atoms with E-state index < -0.39 is 0 Å². The van der Waals surface area contributed by atoms with Crippen LogP contribution in [0.1, 0.15) is 0 Å². The molecular formula is C8H5FN2OS. The van der Waals surface area contributed by atoms with Crippen LogP contribution in [0, 0.1) is 5.82 Å². The lowest BCUT2D eigenvalue weighted by molar-refractivity contribution is 0.628.